The van der Waals surface area contributed by atoms with E-state index in [2.05, 4.69) is 9.88 Å². The zero-order chi connectivity index (χ0) is 16.2. The zero-order valence-corrected chi connectivity index (χ0v) is 13.1. The molecule has 0 atom stereocenters. The van der Waals surface area contributed by atoms with E-state index >= 15 is 0 Å². The van der Waals surface area contributed by atoms with Crippen molar-refractivity contribution in [1.82, 2.24) is 9.88 Å². The van der Waals surface area contributed by atoms with E-state index < -0.39 is 4.92 Å². The lowest BCUT2D eigenvalue weighted by molar-refractivity contribution is -0.384. The van der Waals surface area contributed by atoms with Gasteiger partial charge in [0.1, 0.15) is 11.4 Å². The van der Waals surface area contributed by atoms with Crippen LogP contribution in [0.15, 0.2) is 36.4 Å². The third kappa shape index (κ3) is 3.48. The lowest BCUT2D eigenvalue weighted by Gasteiger charge is -2.15. The molecular weight excluding hydrogens is 294 g/mol. The van der Waals surface area contributed by atoms with Crippen molar-refractivity contribution in [2.45, 2.75) is 19.4 Å². The number of hydrogen-bond donors (Lipinski definition) is 0. The number of aromatic nitrogens is 1. The van der Waals surface area contributed by atoms with Crippen molar-refractivity contribution < 1.29 is 9.66 Å². The first-order valence-corrected chi connectivity index (χ1v) is 7.68. The van der Waals surface area contributed by atoms with Crippen LogP contribution in [0.4, 0.5) is 5.69 Å². The molecule has 6 nitrogen and oxygen atoms in total. The highest BCUT2D eigenvalue weighted by atomic mass is 16.6. The minimum atomic E-state index is -0.399. The fourth-order valence-corrected chi connectivity index (χ4v) is 2.88. The predicted octanol–water partition coefficient (Wildman–Crippen LogP) is 3.26. The van der Waals surface area contributed by atoms with E-state index in [0.29, 0.717) is 17.0 Å². The van der Waals surface area contributed by atoms with Gasteiger partial charge in [-0.25, -0.2) is 4.98 Å². The second kappa shape index (κ2) is 6.75. The Labute approximate surface area is 134 Å². The molecule has 3 rings (SSSR count). The molecule has 2 aromatic rings. The number of pyridine rings is 1. The molecule has 1 aliphatic rings. The van der Waals surface area contributed by atoms with Crippen LogP contribution in [0, 0.1) is 10.1 Å². The van der Waals surface area contributed by atoms with Gasteiger partial charge in [0.15, 0.2) is 0 Å². The third-order valence-corrected chi connectivity index (χ3v) is 4.05. The summed E-state index contributed by atoms with van der Waals surface area (Å²) in [5.74, 6) is 0.621. The number of nitro groups is 1. The molecule has 0 saturated carbocycles. The fourth-order valence-electron chi connectivity index (χ4n) is 2.88. The average molecular weight is 313 g/mol. The maximum atomic E-state index is 11.0. The molecule has 1 fully saturated rings. The molecule has 23 heavy (non-hydrogen) atoms. The summed E-state index contributed by atoms with van der Waals surface area (Å²) in [4.78, 5) is 17.6. The number of hydrogen-bond acceptors (Lipinski definition) is 5. The van der Waals surface area contributed by atoms with Gasteiger partial charge in [-0.1, -0.05) is 12.1 Å². The van der Waals surface area contributed by atoms with Crippen LogP contribution < -0.4 is 4.74 Å². The van der Waals surface area contributed by atoms with Gasteiger partial charge in [0, 0.05) is 24.2 Å². The summed E-state index contributed by atoms with van der Waals surface area (Å²) in [6.07, 6.45) is 2.46. The second-order valence-corrected chi connectivity index (χ2v) is 5.64. The topological polar surface area (TPSA) is 68.5 Å². The van der Waals surface area contributed by atoms with Gasteiger partial charge in [-0.2, -0.15) is 0 Å². The number of methoxy groups -OCH3 is 1. The zero-order valence-electron chi connectivity index (χ0n) is 13.1. The van der Waals surface area contributed by atoms with Gasteiger partial charge in [0.2, 0.25) is 0 Å². The van der Waals surface area contributed by atoms with Crippen LogP contribution >= 0.6 is 0 Å². The Bertz CT molecular complexity index is 712. The monoisotopic (exact) mass is 313 g/mol. The van der Waals surface area contributed by atoms with Gasteiger partial charge >= 0.3 is 0 Å². The third-order valence-electron chi connectivity index (χ3n) is 4.05. The highest BCUT2D eigenvalue weighted by molar-refractivity contribution is 5.68. The quantitative estimate of drug-likeness (QED) is 0.626. The van der Waals surface area contributed by atoms with Gasteiger partial charge < -0.3 is 4.74 Å². The summed E-state index contributed by atoms with van der Waals surface area (Å²) in [5.41, 5.74) is 2.35. The molecule has 1 aromatic carbocycles. The van der Waals surface area contributed by atoms with E-state index in [1.165, 1.54) is 25.0 Å². The fraction of sp³-hybridized carbons (Fsp3) is 0.353. The molecule has 1 aliphatic heterocycles. The van der Waals surface area contributed by atoms with Crippen molar-refractivity contribution in [3.05, 3.63) is 52.2 Å². The molecule has 0 unspecified atom stereocenters. The molecular formula is C17H19N3O3. The van der Waals surface area contributed by atoms with Gasteiger partial charge in [0.25, 0.3) is 5.69 Å². The SMILES string of the molecule is COc1ccc(CN2CCCC2)nc1-c1cccc([N+](=O)[O-])c1. The molecule has 1 aromatic heterocycles. The number of non-ortho nitro benzene ring substituents is 1. The minimum Gasteiger partial charge on any atom is -0.494 e. The Morgan fingerprint density at radius 1 is 1.26 bits per heavy atom. The summed E-state index contributed by atoms with van der Waals surface area (Å²) in [5, 5.41) is 11.0. The van der Waals surface area contributed by atoms with Gasteiger partial charge in [-0.3, -0.25) is 15.0 Å². The van der Waals surface area contributed by atoms with Crippen molar-refractivity contribution in [1.29, 1.82) is 0 Å². The number of likely N-dealkylation sites (tertiary alicyclic amines) is 1. The summed E-state index contributed by atoms with van der Waals surface area (Å²) in [6.45, 7) is 2.99. The van der Waals surface area contributed by atoms with Crippen LogP contribution in [0.25, 0.3) is 11.3 Å². The van der Waals surface area contributed by atoms with Crippen molar-refractivity contribution >= 4 is 5.69 Å². The molecule has 0 amide bonds. The average Bonchev–Trinajstić information content (AvgIpc) is 3.08. The van der Waals surface area contributed by atoms with Crippen molar-refractivity contribution in [2.75, 3.05) is 20.2 Å². The molecule has 0 bridgehead atoms. The number of benzene rings is 1. The van der Waals surface area contributed by atoms with E-state index in [-0.39, 0.29) is 5.69 Å². The summed E-state index contributed by atoms with van der Waals surface area (Å²) in [7, 11) is 1.58. The standard InChI is InChI=1S/C17H19N3O3/c1-23-16-8-7-14(12-19-9-2-3-10-19)18-17(16)13-5-4-6-15(11-13)20(21)22/h4-8,11H,2-3,9-10,12H2,1H3. The van der Waals surface area contributed by atoms with E-state index in [9.17, 15) is 10.1 Å². The summed E-state index contributed by atoms with van der Waals surface area (Å²) >= 11 is 0. The molecule has 6 heteroatoms. The molecule has 0 radical (unpaired) electrons. The largest absolute Gasteiger partial charge is 0.494 e. The van der Waals surface area contributed by atoms with E-state index in [1.807, 2.05) is 18.2 Å². The smallest absolute Gasteiger partial charge is 0.270 e. The first-order chi connectivity index (χ1) is 11.2. The maximum absolute atomic E-state index is 11.0. The Hall–Kier alpha value is -2.47. The molecule has 120 valence electrons. The summed E-state index contributed by atoms with van der Waals surface area (Å²) < 4.78 is 5.38. The number of nitrogens with zero attached hydrogens (tertiary/aromatic N) is 3. The Morgan fingerprint density at radius 3 is 2.74 bits per heavy atom. The van der Waals surface area contributed by atoms with Crippen LogP contribution in [-0.2, 0) is 6.54 Å². The second-order valence-electron chi connectivity index (χ2n) is 5.64. The van der Waals surface area contributed by atoms with Crippen LogP contribution in [0.3, 0.4) is 0 Å². The van der Waals surface area contributed by atoms with E-state index in [0.717, 1.165) is 25.3 Å². The van der Waals surface area contributed by atoms with Crippen molar-refractivity contribution in [2.24, 2.45) is 0 Å². The highest BCUT2D eigenvalue weighted by Crippen LogP contribution is 2.30. The van der Waals surface area contributed by atoms with Crippen molar-refractivity contribution in [3.8, 4) is 17.0 Å². The van der Waals surface area contributed by atoms with Crippen LogP contribution in [0.1, 0.15) is 18.5 Å². The minimum absolute atomic E-state index is 0.0521. The van der Waals surface area contributed by atoms with Gasteiger partial charge in [-0.15, -0.1) is 0 Å². The molecule has 0 aliphatic carbocycles. The number of rotatable bonds is 5. The van der Waals surface area contributed by atoms with Crippen LogP contribution in [0.5, 0.6) is 5.75 Å². The van der Waals surface area contributed by atoms with Gasteiger partial charge in [-0.05, 0) is 38.1 Å². The Balaban J connectivity index is 1.95. The highest BCUT2D eigenvalue weighted by Gasteiger charge is 2.16. The van der Waals surface area contributed by atoms with Crippen molar-refractivity contribution in [3.63, 3.8) is 0 Å². The first-order valence-electron chi connectivity index (χ1n) is 7.68. The molecule has 0 N–H and O–H groups in total. The normalized spacial score (nSPS) is 14.8. The Morgan fingerprint density at radius 2 is 2.04 bits per heavy atom. The van der Waals surface area contributed by atoms with Gasteiger partial charge in [0.05, 0.1) is 17.7 Å². The predicted molar refractivity (Wildman–Crippen MR) is 87.4 cm³/mol. The lowest BCUT2D eigenvalue weighted by atomic mass is 10.1. The Kier molecular flexibility index (Phi) is 4.52. The lowest BCUT2D eigenvalue weighted by Crippen LogP contribution is -2.19. The summed E-state index contributed by atoms with van der Waals surface area (Å²) in [6, 6.07) is 10.3. The number of ether oxygens (including phenoxy) is 1. The van der Waals surface area contributed by atoms with Crippen LogP contribution in [0.2, 0.25) is 0 Å². The number of nitro benzene ring substituents is 1. The first kappa shape index (κ1) is 15.4. The molecule has 0 spiro atoms. The van der Waals surface area contributed by atoms with E-state index in [4.69, 9.17) is 4.74 Å². The molecule has 1 saturated heterocycles. The van der Waals surface area contributed by atoms with Crippen LogP contribution in [-0.4, -0.2) is 35.0 Å². The molecule has 2 heterocycles. The van der Waals surface area contributed by atoms with E-state index in [1.54, 1.807) is 13.2 Å². The maximum Gasteiger partial charge on any atom is 0.270 e.